The molecule has 6 nitrogen and oxygen atoms in total. The minimum absolute atomic E-state index is 0.113. The number of pyridine rings is 1. The van der Waals surface area contributed by atoms with Gasteiger partial charge in [-0.1, -0.05) is 18.2 Å². The highest BCUT2D eigenvalue weighted by molar-refractivity contribution is 6.00. The van der Waals surface area contributed by atoms with E-state index in [-0.39, 0.29) is 11.9 Å². The number of ether oxygens (including phenoxy) is 1. The average molecular weight is 348 g/mol. The summed E-state index contributed by atoms with van der Waals surface area (Å²) in [4.78, 5) is 17.1. The molecule has 1 saturated heterocycles. The lowest BCUT2D eigenvalue weighted by Gasteiger charge is -2.23. The first-order valence-corrected chi connectivity index (χ1v) is 8.75. The number of aromatic nitrogens is 3. The van der Waals surface area contributed by atoms with Gasteiger partial charge in [0.25, 0.3) is 5.91 Å². The van der Waals surface area contributed by atoms with Crippen molar-refractivity contribution in [3.05, 3.63) is 66.6 Å². The molecule has 6 heteroatoms. The second kappa shape index (κ2) is 7.49. The molecule has 0 saturated carbocycles. The Kier molecular flexibility index (Phi) is 4.75. The lowest BCUT2D eigenvalue weighted by molar-refractivity contribution is 0.0697. The predicted octanol–water partition coefficient (Wildman–Crippen LogP) is 2.84. The van der Waals surface area contributed by atoms with Crippen LogP contribution in [0.5, 0.6) is 0 Å². The Labute approximate surface area is 151 Å². The summed E-state index contributed by atoms with van der Waals surface area (Å²) in [6.07, 6.45) is 6.89. The van der Waals surface area contributed by atoms with E-state index in [1.54, 1.807) is 23.3 Å². The van der Waals surface area contributed by atoms with E-state index < -0.39 is 0 Å². The number of rotatable bonds is 4. The van der Waals surface area contributed by atoms with Crippen molar-refractivity contribution in [2.45, 2.75) is 18.9 Å². The lowest BCUT2D eigenvalue weighted by atomic mass is 10.1. The number of hydrogen-bond acceptors (Lipinski definition) is 4. The topological polar surface area (TPSA) is 69.0 Å². The van der Waals surface area contributed by atoms with Gasteiger partial charge in [0.05, 0.1) is 11.3 Å². The molecule has 1 amide bonds. The van der Waals surface area contributed by atoms with Crippen molar-refractivity contribution in [2.75, 3.05) is 13.2 Å². The van der Waals surface area contributed by atoms with Gasteiger partial charge in [0, 0.05) is 43.4 Å². The molecule has 2 aromatic heterocycles. The second-order valence-electron chi connectivity index (χ2n) is 6.27. The van der Waals surface area contributed by atoms with Crippen LogP contribution in [0.2, 0.25) is 0 Å². The molecule has 0 atom stereocenters. The molecule has 0 aliphatic carbocycles. The van der Waals surface area contributed by atoms with Gasteiger partial charge in [-0.3, -0.25) is 9.78 Å². The van der Waals surface area contributed by atoms with Crippen LogP contribution >= 0.6 is 0 Å². The molecule has 1 fully saturated rings. The summed E-state index contributed by atoms with van der Waals surface area (Å²) in [6, 6.07) is 13.7. The van der Waals surface area contributed by atoms with Crippen LogP contribution in [0.1, 0.15) is 23.2 Å². The van der Waals surface area contributed by atoms with Gasteiger partial charge in [-0.2, -0.15) is 5.10 Å². The first-order valence-electron chi connectivity index (χ1n) is 8.75. The van der Waals surface area contributed by atoms with E-state index in [0.29, 0.717) is 24.5 Å². The zero-order chi connectivity index (χ0) is 17.8. The normalized spacial score (nSPS) is 14.9. The molecule has 1 N–H and O–H groups in total. The van der Waals surface area contributed by atoms with Gasteiger partial charge in [0.15, 0.2) is 0 Å². The molecular weight excluding hydrogens is 328 g/mol. The van der Waals surface area contributed by atoms with Crippen molar-refractivity contribution in [3.8, 4) is 16.9 Å². The van der Waals surface area contributed by atoms with Crippen molar-refractivity contribution in [2.24, 2.45) is 0 Å². The molecule has 3 heterocycles. The number of amides is 1. The predicted molar refractivity (Wildman–Crippen MR) is 98.1 cm³/mol. The molecule has 26 heavy (non-hydrogen) atoms. The zero-order valence-corrected chi connectivity index (χ0v) is 14.3. The van der Waals surface area contributed by atoms with E-state index in [4.69, 9.17) is 4.74 Å². The maximum Gasteiger partial charge on any atom is 0.255 e. The maximum atomic E-state index is 12.9. The fourth-order valence-corrected chi connectivity index (χ4v) is 3.07. The number of nitrogens with zero attached hydrogens (tertiary/aromatic N) is 3. The van der Waals surface area contributed by atoms with Crippen LogP contribution in [0, 0.1) is 0 Å². The molecule has 0 spiro atoms. The second-order valence-corrected chi connectivity index (χ2v) is 6.27. The van der Waals surface area contributed by atoms with Crippen LogP contribution in [-0.2, 0) is 4.74 Å². The average Bonchev–Trinajstić information content (AvgIpc) is 3.16. The van der Waals surface area contributed by atoms with Gasteiger partial charge < -0.3 is 10.1 Å². The quantitative estimate of drug-likeness (QED) is 0.787. The summed E-state index contributed by atoms with van der Waals surface area (Å²) in [5.74, 6) is -0.113. The Balaban J connectivity index is 1.69. The third kappa shape index (κ3) is 3.50. The van der Waals surface area contributed by atoms with Crippen LogP contribution in [0.15, 0.2) is 61.1 Å². The number of carbonyl (C=O) groups is 1. The first kappa shape index (κ1) is 16.5. The Bertz CT molecular complexity index is 871. The largest absolute Gasteiger partial charge is 0.381 e. The van der Waals surface area contributed by atoms with Gasteiger partial charge in [-0.15, -0.1) is 0 Å². The van der Waals surface area contributed by atoms with Crippen molar-refractivity contribution < 1.29 is 9.53 Å². The zero-order valence-electron chi connectivity index (χ0n) is 14.3. The Morgan fingerprint density at radius 1 is 1.12 bits per heavy atom. The molecule has 1 aliphatic heterocycles. The summed E-state index contributed by atoms with van der Waals surface area (Å²) >= 11 is 0. The summed E-state index contributed by atoms with van der Waals surface area (Å²) in [6.45, 7) is 1.37. The molecular formula is C20H20N4O2. The number of nitrogens with one attached hydrogen (secondary N) is 1. The van der Waals surface area contributed by atoms with Gasteiger partial charge in [0.2, 0.25) is 0 Å². The number of benzene rings is 1. The third-order valence-corrected chi connectivity index (χ3v) is 4.47. The van der Waals surface area contributed by atoms with Crippen molar-refractivity contribution >= 4 is 5.91 Å². The standard InChI is InChI=1S/C20H20N4O2/c25-20(22-16-8-11-26-12-9-16)18-14-24(17-6-2-1-3-7-17)23-19(18)15-5-4-10-21-13-15/h1-7,10,13-14,16H,8-9,11-12H2,(H,22,25). The van der Waals surface area contributed by atoms with Gasteiger partial charge in [0.1, 0.15) is 5.69 Å². The van der Waals surface area contributed by atoms with E-state index in [1.165, 1.54) is 0 Å². The monoisotopic (exact) mass is 348 g/mol. The number of hydrogen-bond donors (Lipinski definition) is 1. The van der Waals surface area contributed by atoms with Gasteiger partial charge in [-0.05, 0) is 37.1 Å². The van der Waals surface area contributed by atoms with Crippen molar-refractivity contribution in [1.82, 2.24) is 20.1 Å². The van der Waals surface area contributed by atoms with Crippen LogP contribution in [0.3, 0.4) is 0 Å². The van der Waals surface area contributed by atoms with Crippen molar-refractivity contribution in [1.29, 1.82) is 0 Å². The molecule has 0 unspecified atom stereocenters. The minimum Gasteiger partial charge on any atom is -0.381 e. The maximum absolute atomic E-state index is 12.9. The van der Waals surface area contributed by atoms with Crippen LogP contribution < -0.4 is 5.32 Å². The fraction of sp³-hybridized carbons (Fsp3) is 0.250. The minimum atomic E-state index is -0.113. The van der Waals surface area contributed by atoms with Crippen molar-refractivity contribution in [3.63, 3.8) is 0 Å². The molecule has 0 radical (unpaired) electrons. The first-order chi connectivity index (χ1) is 12.8. The summed E-state index contributed by atoms with van der Waals surface area (Å²) in [5, 5.41) is 7.77. The summed E-state index contributed by atoms with van der Waals surface area (Å²) in [5.41, 5.74) is 2.90. The summed E-state index contributed by atoms with van der Waals surface area (Å²) < 4.78 is 7.10. The van der Waals surface area contributed by atoms with Gasteiger partial charge >= 0.3 is 0 Å². The fourth-order valence-electron chi connectivity index (χ4n) is 3.07. The van der Waals surface area contributed by atoms with E-state index in [2.05, 4.69) is 15.4 Å². The molecule has 4 rings (SSSR count). The molecule has 0 bridgehead atoms. The van der Waals surface area contributed by atoms with E-state index in [0.717, 1.165) is 24.1 Å². The van der Waals surface area contributed by atoms with Crippen LogP contribution in [-0.4, -0.2) is 39.9 Å². The number of para-hydroxylation sites is 1. The molecule has 132 valence electrons. The smallest absolute Gasteiger partial charge is 0.255 e. The Hall–Kier alpha value is -2.99. The van der Waals surface area contributed by atoms with Crippen LogP contribution in [0.25, 0.3) is 16.9 Å². The lowest BCUT2D eigenvalue weighted by Crippen LogP contribution is -2.38. The summed E-state index contributed by atoms with van der Waals surface area (Å²) in [7, 11) is 0. The third-order valence-electron chi connectivity index (χ3n) is 4.47. The van der Waals surface area contributed by atoms with E-state index in [1.807, 2.05) is 42.5 Å². The molecule has 1 aliphatic rings. The highest BCUT2D eigenvalue weighted by Crippen LogP contribution is 2.23. The highest BCUT2D eigenvalue weighted by atomic mass is 16.5. The Morgan fingerprint density at radius 2 is 1.92 bits per heavy atom. The molecule has 3 aromatic rings. The number of carbonyl (C=O) groups excluding carboxylic acids is 1. The van der Waals surface area contributed by atoms with E-state index in [9.17, 15) is 4.79 Å². The van der Waals surface area contributed by atoms with Gasteiger partial charge in [-0.25, -0.2) is 4.68 Å². The Morgan fingerprint density at radius 3 is 2.65 bits per heavy atom. The highest BCUT2D eigenvalue weighted by Gasteiger charge is 2.22. The SMILES string of the molecule is O=C(NC1CCOCC1)c1cn(-c2ccccc2)nc1-c1cccnc1. The molecule has 1 aromatic carbocycles. The van der Waals surface area contributed by atoms with E-state index >= 15 is 0 Å². The van der Waals surface area contributed by atoms with Crippen LogP contribution in [0.4, 0.5) is 0 Å².